The topological polar surface area (TPSA) is 80.8 Å². The van der Waals surface area contributed by atoms with E-state index in [0.717, 1.165) is 11.0 Å². The Hall–Kier alpha value is -2.61. The van der Waals surface area contributed by atoms with Crippen LogP contribution in [0, 0.1) is 5.41 Å². The minimum Gasteiger partial charge on any atom is -0.465 e. The first-order valence-corrected chi connectivity index (χ1v) is 7.93. The van der Waals surface area contributed by atoms with Crippen molar-refractivity contribution in [2.45, 2.75) is 13.3 Å². The van der Waals surface area contributed by atoms with Crippen molar-refractivity contribution in [3.63, 3.8) is 0 Å². The molecular weight excluding hydrogens is 372 g/mol. The van der Waals surface area contributed by atoms with Gasteiger partial charge in [0.2, 0.25) is 10.7 Å². The quantitative estimate of drug-likeness (QED) is 0.237. The van der Waals surface area contributed by atoms with Crippen LogP contribution in [0.5, 0.6) is 0 Å². The normalized spacial score (nSPS) is 16.1. The van der Waals surface area contributed by atoms with Crippen molar-refractivity contribution in [2.24, 2.45) is 5.41 Å². The average Bonchev–Trinajstić information content (AvgIpc) is 2.83. The highest BCUT2D eigenvalue weighted by molar-refractivity contribution is 6.66. The van der Waals surface area contributed by atoms with Gasteiger partial charge in [0, 0.05) is 6.54 Å². The smallest absolute Gasteiger partial charge is 0.330 e. The van der Waals surface area contributed by atoms with Gasteiger partial charge in [-0.25, -0.2) is 8.78 Å². The van der Waals surface area contributed by atoms with E-state index in [2.05, 4.69) is 4.74 Å². The summed E-state index contributed by atoms with van der Waals surface area (Å²) in [7, 11) is 0. The SMILES string of the molecule is CCOC(=O)C(C=CCN1C(=O)c2ccccc2C1=O)(C(=O)Cl)C(F)F. The molecule has 0 radical (unpaired) electrons. The molecule has 6 nitrogen and oxygen atoms in total. The highest BCUT2D eigenvalue weighted by Crippen LogP contribution is 2.33. The molecule has 1 aliphatic rings. The van der Waals surface area contributed by atoms with Gasteiger partial charge in [-0.15, -0.1) is 0 Å². The van der Waals surface area contributed by atoms with Crippen LogP contribution < -0.4 is 0 Å². The molecule has 1 atom stereocenters. The monoisotopic (exact) mass is 385 g/mol. The fraction of sp³-hybridized carbons (Fsp3) is 0.294. The van der Waals surface area contributed by atoms with Crippen LogP contribution in [-0.4, -0.2) is 47.5 Å². The van der Waals surface area contributed by atoms with Gasteiger partial charge >= 0.3 is 5.97 Å². The zero-order valence-electron chi connectivity index (χ0n) is 13.6. The number of imide groups is 1. The Morgan fingerprint density at radius 1 is 1.23 bits per heavy atom. The second-order valence-electron chi connectivity index (χ2n) is 5.33. The molecule has 1 unspecified atom stereocenters. The maximum Gasteiger partial charge on any atom is 0.330 e. The summed E-state index contributed by atoms with van der Waals surface area (Å²) in [5.74, 6) is -2.72. The fourth-order valence-corrected chi connectivity index (χ4v) is 2.68. The summed E-state index contributed by atoms with van der Waals surface area (Å²) >= 11 is 5.23. The van der Waals surface area contributed by atoms with Crippen molar-refractivity contribution in [2.75, 3.05) is 13.2 Å². The zero-order chi connectivity index (χ0) is 19.5. The number of fused-ring (bicyclic) bond motifs is 1. The number of rotatable bonds is 7. The Kier molecular flexibility index (Phi) is 5.86. The van der Waals surface area contributed by atoms with Crippen LogP contribution in [0.2, 0.25) is 0 Å². The molecule has 138 valence electrons. The van der Waals surface area contributed by atoms with Crippen molar-refractivity contribution in [1.29, 1.82) is 0 Å². The van der Waals surface area contributed by atoms with Crippen LogP contribution in [0.15, 0.2) is 36.4 Å². The number of benzene rings is 1. The standard InChI is InChI=1S/C17H14ClF2NO5/c1-2-26-16(25)17(14(18)24,15(19)20)8-5-9-21-12(22)10-6-3-4-7-11(10)13(21)23/h3-8,15H,2,9H2,1H3. The maximum absolute atomic E-state index is 13.4. The van der Waals surface area contributed by atoms with Crippen LogP contribution in [-0.2, 0) is 14.3 Å². The Balaban J connectivity index is 2.27. The molecule has 0 aromatic heterocycles. The fourth-order valence-electron chi connectivity index (χ4n) is 2.46. The van der Waals surface area contributed by atoms with E-state index in [0.29, 0.717) is 6.08 Å². The van der Waals surface area contributed by atoms with E-state index in [1.165, 1.54) is 19.1 Å². The Morgan fingerprint density at radius 2 is 1.77 bits per heavy atom. The van der Waals surface area contributed by atoms with Gasteiger partial charge in [-0.2, -0.15) is 0 Å². The second-order valence-corrected chi connectivity index (χ2v) is 5.68. The maximum atomic E-state index is 13.4. The molecule has 9 heteroatoms. The lowest BCUT2D eigenvalue weighted by Crippen LogP contribution is -2.43. The van der Waals surface area contributed by atoms with Gasteiger partial charge in [0.05, 0.1) is 17.7 Å². The first-order chi connectivity index (χ1) is 12.3. The second kappa shape index (κ2) is 7.74. The predicted octanol–water partition coefficient (Wildman–Crippen LogP) is 2.42. The lowest BCUT2D eigenvalue weighted by atomic mass is 9.89. The summed E-state index contributed by atoms with van der Waals surface area (Å²) in [5.41, 5.74) is -2.63. The summed E-state index contributed by atoms with van der Waals surface area (Å²) in [6.45, 7) is 0.740. The molecule has 26 heavy (non-hydrogen) atoms. The molecule has 0 saturated heterocycles. The molecule has 0 spiro atoms. The molecule has 1 heterocycles. The molecule has 1 aliphatic heterocycles. The van der Waals surface area contributed by atoms with Crippen LogP contribution in [0.1, 0.15) is 27.6 Å². The number of esters is 1. The van der Waals surface area contributed by atoms with Crippen LogP contribution in [0.3, 0.4) is 0 Å². The third-order valence-electron chi connectivity index (χ3n) is 3.83. The molecule has 0 N–H and O–H groups in total. The number of hydrogen-bond donors (Lipinski definition) is 0. The number of alkyl halides is 2. The van der Waals surface area contributed by atoms with Crippen molar-refractivity contribution >= 4 is 34.6 Å². The van der Waals surface area contributed by atoms with Gasteiger partial charge in [0.15, 0.2) is 0 Å². The minimum absolute atomic E-state index is 0.185. The van der Waals surface area contributed by atoms with Crippen molar-refractivity contribution in [3.8, 4) is 0 Å². The van der Waals surface area contributed by atoms with Crippen LogP contribution in [0.25, 0.3) is 0 Å². The van der Waals surface area contributed by atoms with Gasteiger partial charge in [-0.1, -0.05) is 24.3 Å². The third kappa shape index (κ3) is 3.24. The molecule has 1 aromatic rings. The minimum atomic E-state index is -3.47. The molecule has 0 aliphatic carbocycles. The number of amides is 2. The summed E-state index contributed by atoms with van der Waals surface area (Å²) in [6.07, 6.45) is -1.94. The lowest BCUT2D eigenvalue weighted by Gasteiger charge is -2.23. The van der Waals surface area contributed by atoms with Crippen molar-refractivity contribution in [1.82, 2.24) is 4.90 Å². The molecule has 0 fully saturated rings. The van der Waals surface area contributed by atoms with E-state index >= 15 is 0 Å². The summed E-state index contributed by atoms with van der Waals surface area (Å²) in [4.78, 5) is 48.6. The first-order valence-electron chi connectivity index (χ1n) is 7.55. The highest BCUT2D eigenvalue weighted by Gasteiger charge is 2.53. The van der Waals surface area contributed by atoms with E-state index in [-0.39, 0.29) is 17.7 Å². The van der Waals surface area contributed by atoms with E-state index in [1.807, 2.05) is 0 Å². The van der Waals surface area contributed by atoms with Gasteiger partial charge in [0.1, 0.15) is 0 Å². The van der Waals surface area contributed by atoms with Gasteiger partial charge in [0.25, 0.3) is 18.2 Å². The third-order valence-corrected chi connectivity index (χ3v) is 4.14. The lowest BCUT2D eigenvalue weighted by molar-refractivity contribution is -0.163. The molecule has 0 saturated carbocycles. The first kappa shape index (κ1) is 19.7. The van der Waals surface area contributed by atoms with Crippen LogP contribution in [0.4, 0.5) is 8.78 Å². The number of halogens is 3. The van der Waals surface area contributed by atoms with E-state index in [1.54, 1.807) is 12.1 Å². The van der Waals surface area contributed by atoms with E-state index in [9.17, 15) is 28.0 Å². The Labute approximate surface area is 152 Å². The largest absolute Gasteiger partial charge is 0.465 e. The van der Waals surface area contributed by atoms with Crippen molar-refractivity contribution in [3.05, 3.63) is 47.5 Å². The Bertz CT molecular complexity index is 760. The number of ether oxygens (including phenoxy) is 1. The van der Waals surface area contributed by atoms with E-state index < -0.39 is 41.4 Å². The summed E-state index contributed by atoms with van der Waals surface area (Å²) in [6, 6.07) is 6.09. The van der Waals surface area contributed by atoms with Crippen LogP contribution >= 0.6 is 11.6 Å². The summed E-state index contributed by atoms with van der Waals surface area (Å²) in [5, 5.41) is -1.62. The van der Waals surface area contributed by atoms with Gasteiger partial charge in [-0.05, 0) is 30.7 Å². The highest BCUT2D eigenvalue weighted by atomic mass is 35.5. The van der Waals surface area contributed by atoms with E-state index in [4.69, 9.17) is 11.6 Å². The number of carbonyl (C=O) groups excluding carboxylic acids is 4. The molecule has 1 aromatic carbocycles. The molecule has 2 amide bonds. The number of hydrogen-bond acceptors (Lipinski definition) is 5. The molecule has 2 rings (SSSR count). The summed E-state index contributed by atoms with van der Waals surface area (Å²) < 4.78 is 31.4. The molecular formula is C17H14ClF2NO5. The van der Waals surface area contributed by atoms with Crippen molar-refractivity contribution < 1.29 is 32.7 Å². The van der Waals surface area contributed by atoms with Gasteiger partial charge < -0.3 is 4.74 Å². The predicted molar refractivity (Wildman–Crippen MR) is 86.9 cm³/mol. The molecule has 0 bridgehead atoms. The number of carbonyl (C=O) groups is 4. The zero-order valence-corrected chi connectivity index (χ0v) is 14.3. The Morgan fingerprint density at radius 3 is 2.19 bits per heavy atom. The number of nitrogens with zero attached hydrogens (tertiary/aromatic N) is 1. The average molecular weight is 386 g/mol. The van der Waals surface area contributed by atoms with Gasteiger partial charge in [-0.3, -0.25) is 24.1 Å².